The summed E-state index contributed by atoms with van der Waals surface area (Å²) in [4.78, 5) is 16.1. The molecular weight excluding hydrogens is 232 g/mol. The first-order valence-electron chi connectivity index (χ1n) is 6.24. The fraction of sp³-hybridized carbons (Fsp3) is 0.727. The Balaban J connectivity index is 1.86. The quantitative estimate of drug-likeness (QED) is 0.709. The van der Waals surface area contributed by atoms with Crippen molar-refractivity contribution in [2.24, 2.45) is 5.73 Å². The van der Waals surface area contributed by atoms with Gasteiger partial charge in [0.15, 0.2) is 0 Å². The van der Waals surface area contributed by atoms with E-state index in [1.807, 2.05) is 4.90 Å². The summed E-state index contributed by atoms with van der Waals surface area (Å²) in [5.74, 6) is 0.104. The van der Waals surface area contributed by atoms with Crippen LogP contribution in [-0.4, -0.2) is 70.5 Å². The van der Waals surface area contributed by atoms with Crippen molar-refractivity contribution in [2.45, 2.75) is 13.0 Å². The van der Waals surface area contributed by atoms with Crippen LogP contribution in [0.1, 0.15) is 5.69 Å². The summed E-state index contributed by atoms with van der Waals surface area (Å²) in [5, 5.41) is 7.91. The van der Waals surface area contributed by atoms with Crippen LogP contribution in [0.3, 0.4) is 0 Å². The van der Waals surface area contributed by atoms with Gasteiger partial charge in [-0.15, -0.1) is 5.10 Å². The molecule has 0 aliphatic carbocycles. The topological polar surface area (TPSA) is 80.3 Å². The molecule has 1 saturated heterocycles. The summed E-state index contributed by atoms with van der Waals surface area (Å²) in [6.07, 6.45) is 2.49. The van der Waals surface area contributed by atoms with E-state index < -0.39 is 0 Å². The van der Waals surface area contributed by atoms with Crippen molar-refractivity contribution in [3.63, 3.8) is 0 Å². The normalized spacial score (nSPS) is 17.1. The number of nitrogens with two attached hydrogens (primary N) is 1. The molecule has 0 saturated carbocycles. The van der Waals surface area contributed by atoms with Gasteiger partial charge >= 0.3 is 0 Å². The van der Waals surface area contributed by atoms with E-state index in [9.17, 15) is 4.79 Å². The minimum Gasteiger partial charge on any atom is -0.339 e. The standard InChI is InChI=1S/C11H20N6O/c1-15-4-6-16(7-5-15)11(18)9-17-8-10(2-3-12)13-14-17/h8H,2-7,9,12H2,1H3. The Morgan fingerprint density at radius 1 is 1.39 bits per heavy atom. The highest BCUT2D eigenvalue weighted by Crippen LogP contribution is 2.01. The molecule has 2 N–H and O–H groups in total. The molecule has 1 aromatic rings. The predicted octanol–water partition coefficient (Wildman–Crippen LogP) is -1.45. The molecule has 0 aromatic carbocycles. The summed E-state index contributed by atoms with van der Waals surface area (Å²) in [6.45, 7) is 4.26. The molecule has 1 aromatic heterocycles. The summed E-state index contributed by atoms with van der Waals surface area (Å²) in [5.41, 5.74) is 6.28. The van der Waals surface area contributed by atoms with Crippen LogP contribution in [0, 0.1) is 0 Å². The summed E-state index contributed by atoms with van der Waals surface area (Å²) < 4.78 is 1.59. The molecule has 0 spiro atoms. The summed E-state index contributed by atoms with van der Waals surface area (Å²) >= 11 is 0. The highest BCUT2D eigenvalue weighted by Gasteiger charge is 2.19. The zero-order chi connectivity index (χ0) is 13.0. The van der Waals surface area contributed by atoms with Gasteiger partial charge in [-0.05, 0) is 13.6 Å². The second-order valence-electron chi connectivity index (χ2n) is 4.63. The van der Waals surface area contributed by atoms with Gasteiger partial charge in [-0.3, -0.25) is 4.79 Å². The predicted molar refractivity (Wildman–Crippen MR) is 66.9 cm³/mol. The molecule has 100 valence electrons. The van der Waals surface area contributed by atoms with Crippen LogP contribution in [0.25, 0.3) is 0 Å². The van der Waals surface area contributed by atoms with E-state index in [1.165, 1.54) is 0 Å². The highest BCUT2D eigenvalue weighted by molar-refractivity contribution is 5.76. The second-order valence-corrected chi connectivity index (χ2v) is 4.63. The Morgan fingerprint density at radius 3 is 2.78 bits per heavy atom. The van der Waals surface area contributed by atoms with E-state index in [0.29, 0.717) is 13.0 Å². The first-order chi connectivity index (χ1) is 8.69. The smallest absolute Gasteiger partial charge is 0.244 e. The minimum absolute atomic E-state index is 0.104. The lowest BCUT2D eigenvalue weighted by atomic mass is 10.3. The monoisotopic (exact) mass is 252 g/mol. The SMILES string of the molecule is CN1CCN(C(=O)Cn2cc(CCN)nn2)CC1. The van der Waals surface area contributed by atoms with Crippen molar-refractivity contribution >= 4 is 5.91 Å². The molecule has 0 atom stereocenters. The lowest BCUT2D eigenvalue weighted by molar-refractivity contribution is -0.133. The van der Waals surface area contributed by atoms with Crippen LogP contribution in [0.2, 0.25) is 0 Å². The van der Waals surface area contributed by atoms with E-state index >= 15 is 0 Å². The molecule has 7 nitrogen and oxygen atoms in total. The number of nitrogens with zero attached hydrogens (tertiary/aromatic N) is 5. The average Bonchev–Trinajstić information content (AvgIpc) is 2.78. The molecule has 1 aliphatic heterocycles. The Kier molecular flexibility index (Phi) is 4.27. The van der Waals surface area contributed by atoms with Gasteiger partial charge in [0.05, 0.1) is 5.69 Å². The van der Waals surface area contributed by atoms with E-state index in [1.54, 1.807) is 10.9 Å². The minimum atomic E-state index is 0.104. The van der Waals surface area contributed by atoms with Gasteiger partial charge in [0, 0.05) is 38.8 Å². The van der Waals surface area contributed by atoms with Crippen LogP contribution >= 0.6 is 0 Å². The van der Waals surface area contributed by atoms with E-state index in [4.69, 9.17) is 5.73 Å². The van der Waals surface area contributed by atoms with Gasteiger partial charge in [-0.2, -0.15) is 0 Å². The molecule has 1 aliphatic rings. The maximum atomic E-state index is 12.0. The number of carbonyl (C=O) groups is 1. The molecule has 2 rings (SSSR count). The van der Waals surface area contributed by atoms with Gasteiger partial charge in [0.2, 0.25) is 5.91 Å². The number of hydrogen-bond donors (Lipinski definition) is 1. The Hall–Kier alpha value is -1.47. The fourth-order valence-electron chi connectivity index (χ4n) is 1.97. The fourth-order valence-corrected chi connectivity index (χ4v) is 1.97. The molecule has 2 heterocycles. The number of rotatable bonds is 4. The van der Waals surface area contributed by atoms with Crippen molar-refractivity contribution in [3.8, 4) is 0 Å². The van der Waals surface area contributed by atoms with E-state index in [-0.39, 0.29) is 12.5 Å². The van der Waals surface area contributed by atoms with Gasteiger partial charge in [-0.1, -0.05) is 5.21 Å². The summed E-state index contributed by atoms with van der Waals surface area (Å²) in [7, 11) is 2.07. The van der Waals surface area contributed by atoms with Crippen LogP contribution in [0.4, 0.5) is 0 Å². The largest absolute Gasteiger partial charge is 0.339 e. The molecule has 0 radical (unpaired) electrons. The van der Waals surface area contributed by atoms with Gasteiger partial charge in [0.1, 0.15) is 6.54 Å². The zero-order valence-corrected chi connectivity index (χ0v) is 10.7. The molecule has 18 heavy (non-hydrogen) atoms. The van der Waals surface area contributed by atoms with Crippen LogP contribution in [0.15, 0.2) is 6.20 Å². The first kappa shape index (κ1) is 13.0. The van der Waals surface area contributed by atoms with Crippen molar-refractivity contribution in [1.82, 2.24) is 24.8 Å². The first-order valence-corrected chi connectivity index (χ1v) is 6.24. The molecule has 1 fully saturated rings. The Labute approximate surface area is 107 Å². The number of hydrogen-bond acceptors (Lipinski definition) is 5. The van der Waals surface area contributed by atoms with Crippen LogP contribution in [0.5, 0.6) is 0 Å². The maximum absolute atomic E-state index is 12.0. The van der Waals surface area contributed by atoms with E-state index in [0.717, 1.165) is 31.9 Å². The van der Waals surface area contributed by atoms with Crippen LogP contribution in [-0.2, 0) is 17.8 Å². The van der Waals surface area contributed by atoms with Crippen molar-refractivity contribution < 1.29 is 4.79 Å². The highest BCUT2D eigenvalue weighted by atomic mass is 16.2. The van der Waals surface area contributed by atoms with Crippen molar-refractivity contribution in [2.75, 3.05) is 39.8 Å². The lowest BCUT2D eigenvalue weighted by Gasteiger charge is -2.32. The van der Waals surface area contributed by atoms with Crippen LogP contribution < -0.4 is 5.73 Å². The summed E-state index contributed by atoms with van der Waals surface area (Å²) in [6, 6.07) is 0. The molecule has 0 unspecified atom stereocenters. The third-order valence-electron chi connectivity index (χ3n) is 3.14. The van der Waals surface area contributed by atoms with Gasteiger partial charge < -0.3 is 15.5 Å². The third kappa shape index (κ3) is 3.27. The van der Waals surface area contributed by atoms with Crippen molar-refractivity contribution in [3.05, 3.63) is 11.9 Å². The lowest BCUT2D eigenvalue weighted by Crippen LogP contribution is -2.48. The number of carbonyl (C=O) groups excluding carboxylic acids is 1. The van der Waals surface area contributed by atoms with Crippen molar-refractivity contribution in [1.29, 1.82) is 0 Å². The molecule has 0 bridgehead atoms. The third-order valence-corrected chi connectivity index (χ3v) is 3.14. The maximum Gasteiger partial charge on any atom is 0.244 e. The van der Waals surface area contributed by atoms with Gasteiger partial charge in [-0.25, -0.2) is 4.68 Å². The molecular formula is C11H20N6O. The Bertz CT molecular complexity index is 396. The number of piperazine rings is 1. The molecule has 7 heteroatoms. The van der Waals surface area contributed by atoms with Gasteiger partial charge in [0.25, 0.3) is 0 Å². The zero-order valence-electron chi connectivity index (χ0n) is 10.7. The average molecular weight is 252 g/mol. The second kappa shape index (κ2) is 5.92. The number of aromatic nitrogens is 3. The molecule has 1 amide bonds. The Morgan fingerprint density at radius 2 is 2.11 bits per heavy atom. The number of amides is 1. The number of likely N-dealkylation sites (N-methyl/N-ethyl adjacent to an activating group) is 1. The van der Waals surface area contributed by atoms with E-state index in [2.05, 4.69) is 22.3 Å².